The van der Waals surface area contributed by atoms with Crippen molar-refractivity contribution in [2.45, 2.75) is 24.7 Å². The number of halogens is 1. The second-order valence-electron chi connectivity index (χ2n) is 5.57. The number of thiazole rings is 1. The molecule has 1 atom stereocenters. The Balaban J connectivity index is 1.71. The summed E-state index contributed by atoms with van der Waals surface area (Å²) in [6.07, 6.45) is 0.750. The first-order chi connectivity index (χ1) is 11.2. The van der Waals surface area contributed by atoms with Gasteiger partial charge >= 0.3 is 0 Å². The Morgan fingerprint density at radius 3 is 3.00 bits per heavy atom. The Bertz CT molecular complexity index is 685. The van der Waals surface area contributed by atoms with Gasteiger partial charge in [-0.25, -0.2) is 4.98 Å². The van der Waals surface area contributed by atoms with E-state index >= 15 is 0 Å². The normalized spacial score (nSPS) is 17.3. The molecule has 7 heteroatoms. The van der Waals surface area contributed by atoms with Gasteiger partial charge in [-0.3, -0.25) is 9.69 Å². The maximum absolute atomic E-state index is 11.9. The molecule has 1 fully saturated rings. The number of carbonyl (C=O) groups excluding carboxylic acids is 1. The molecule has 0 aliphatic carbocycles. The molecule has 23 heavy (non-hydrogen) atoms. The van der Waals surface area contributed by atoms with E-state index in [0.29, 0.717) is 5.13 Å². The summed E-state index contributed by atoms with van der Waals surface area (Å²) in [5, 5.41) is 3.54. The van der Waals surface area contributed by atoms with Gasteiger partial charge in [-0.2, -0.15) is 0 Å². The third kappa shape index (κ3) is 4.29. The van der Waals surface area contributed by atoms with Crippen LogP contribution in [0.5, 0.6) is 0 Å². The molecule has 1 unspecified atom stereocenters. The van der Waals surface area contributed by atoms with Crippen molar-refractivity contribution in [3.8, 4) is 0 Å². The van der Waals surface area contributed by atoms with Gasteiger partial charge < -0.3 is 10.1 Å². The van der Waals surface area contributed by atoms with Gasteiger partial charge in [0.1, 0.15) is 0 Å². The van der Waals surface area contributed by atoms with Crippen molar-refractivity contribution in [3.63, 3.8) is 0 Å². The van der Waals surface area contributed by atoms with Gasteiger partial charge in [-0.1, -0.05) is 40.3 Å². The lowest BCUT2D eigenvalue weighted by molar-refractivity contribution is -0.115. The van der Waals surface area contributed by atoms with E-state index in [4.69, 9.17) is 4.74 Å². The van der Waals surface area contributed by atoms with Crippen molar-refractivity contribution in [1.82, 2.24) is 9.88 Å². The fourth-order valence-electron chi connectivity index (χ4n) is 2.51. The van der Waals surface area contributed by atoms with Crippen molar-refractivity contribution in [2.24, 2.45) is 0 Å². The van der Waals surface area contributed by atoms with Crippen molar-refractivity contribution in [2.75, 3.05) is 31.6 Å². The summed E-state index contributed by atoms with van der Waals surface area (Å²) in [5.74, 6) is -0.0416. The predicted octanol–water partition coefficient (Wildman–Crippen LogP) is 3.24. The molecule has 124 valence electrons. The van der Waals surface area contributed by atoms with Crippen LogP contribution < -0.4 is 5.32 Å². The SMILES string of the molecule is CCC(Br)C(=O)Nc1nc2ccc(CN3CCOCC3)cc2s1. The number of morpholine rings is 1. The van der Waals surface area contributed by atoms with Gasteiger partial charge in [0, 0.05) is 19.6 Å². The molecule has 1 amide bonds. The highest BCUT2D eigenvalue weighted by atomic mass is 79.9. The molecule has 0 radical (unpaired) electrons. The van der Waals surface area contributed by atoms with Crippen LogP contribution in [0.3, 0.4) is 0 Å². The average molecular weight is 398 g/mol. The molecule has 2 aromatic rings. The quantitative estimate of drug-likeness (QED) is 0.786. The molecular weight excluding hydrogens is 378 g/mol. The Hall–Kier alpha value is -1.02. The van der Waals surface area contributed by atoms with Gasteiger partial charge in [-0.15, -0.1) is 0 Å². The highest BCUT2D eigenvalue weighted by molar-refractivity contribution is 9.10. The summed E-state index contributed by atoms with van der Waals surface area (Å²) in [4.78, 5) is 18.6. The van der Waals surface area contributed by atoms with E-state index < -0.39 is 0 Å². The number of aromatic nitrogens is 1. The number of amides is 1. The van der Waals surface area contributed by atoms with Crippen LogP contribution in [0.15, 0.2) is 18.2 Å². The fraction of sp³-hybridized carbons (Fsp3) is 0.500. The molecule has 1 aliphatic heterocycles. The average Bonchev–Trinajstić information content (AvgIpc) is 2.96. The zero-order valence-electron chi connectivity index (χ0n) is 13.0. The van der Waals surface area contributed by atoms with E-state index in [-0.39, 0.29) is 10.7 Å². The second kappa shape index (κ2) is 7.70. The Kier molecular flexibility index (Phi) is 5.63. The van der Waals surface area contributed by atoms with E-state index in [2.05, 4.69) is 43.3 Å². The standard InChI is InChI=1S/C16H20BrN3O2S/c1-2-12(17)15(21)19-16-18-13-4-3-11(9-14(13)23-16)10-20-5-7-22-8-6-20/h3-4,9,12H,2,5-8,10H2,1H3,(H,18,19,21). The molecule has 1 aliphatic rings. The molecule has 1 aromatic carbocycles. The van der Waals surface area contributed by atoms with E-state index in [1.165, 1.54) is 16.9 Å². The number of hydrogen-bond donors (Lipinski definition) is 1. The fourth-order valence-corrected chi connectivity index (χ4v) is 3.55. The summed E-state index contributed by atoms with van der Waals surface area (Å²) in [5.41, 5.74) is 2.20. The molecule has 5 nitrogen and oxygen atoms in total. The molecule has 1 saturated heterocycles. The number of fused-ring (bicyclic) bond motifs is 1. The van der Waals surface area contributed by atoms with Gasteiger partial charge in [0.2, 0.25) is 5.91 Å². The van der Waals surface area contributed by atoms with E-state index in [0.717, 1.165) is 49.5 Å². The predicted molar refractivity (Wildman–Crippen MR) is 97.4 cm³/mol. The minimum absolute atomic E-state index is 0.0416. The number of ether oxygens (including phenoxy) is 1. The summed E-state index contributed by atoms with van der Waals surface area (Å²) in [7, 11) is 0. The topological polar surface area (TPSA) is 54.5 Å². The number of carbonyl (C=O) groups is 1. The first-order valence-electron chi connectivity index (χ1n) is 7.80. The molecular formula is C16H20BrN3O2S. The monoisotopic (exact) mass is 397 g/mol. The van der Waals surface area contributed by atoms with Gasteiger partial charge in [0.15, 0.2) is 5.13 Å². The molecule has 0 spiro atoms. The van der Waals surface area contributed by atoms with Gasteiger partial charge in [0.05, 0.1) is 28.3 Å². The first kappa shape index (κ1) is 16.8. The molecule has 2 heterocycles. The van der Waals surface area contributed by atoms with Crippen LogP contribution in [0.1, 0.15) is 18.9 Å². The summed E-state index contributed by atoms with van der Waals surface area (Å²) < 4.78 is 6.49. The van der Waals surface area contributed by atoms with Crippen molar-refractivity contribution in [1.29, 1.82) is 0 Å². The molecule has 0 saturated carbocycles. The van der Waals surface area contributed by atoms with Gasteiger partial charge in [0.25, 0.3) is 0 Å². The summed E-state index contributed by atoms with van der Waals surface area (Å²) in [6, 6.07) is 6.31. The number of hydrogen-bond acceptors (Lipinski definition) is 5. The lowest BCUT2D eigenvalue weighted by atomic mass is 10.2. The lowest BCUT2D eigenvalue weighted by Gasteiger charge is -2.26. The minimum Gasteiger partial charge on any atom is -0.379 e. The minimum atomic E-state index is -0.175. The Labute approximate surface area is 148 Å². The molecule has 1 N–H and O–H groups in total. The number of alkyl halides is 1. The van der Waals surface area contributed by atoms with Crippen LogP contribution in [-0.4, -0.2) is 46.9 Å². The van der Waals surface area contributed by atoms with Crippen LogP contribution in [0, 0.1) is 0 Å². The number of rotatable bonds is 5. The summed E-state index contributed by atoms with van der Waals surface area (Å²) in [6.45, 7) is 6.47. The van der Waals surface area contributed by atoms with E-state index in [1.54, 1.807) is 0 Å². The smallest absolute Gasteiger partial charge is 0.239 e. The zero-order valence-corrected chi connectivity index (χ0v) is 15.5. The molecule has 1 aromatic heterocycles. The zero-order chi connectivity index (χ0) is 16.2. The highest BCUT2D eigenvalue weighted by Gasteiger charge is 2.15. The maximum atomic E-state index is 11.9. The number of nitrogens with zero attached hydrogens (tertiary/aromatic N) is 2. The largest absolute Gasteiger partial charge is 0.379 e. The van der Waals surface area contributed by atoms with Crippen molar-refractivity contribution < 1.29 is 9.53 Å². The van der Waals surface area contributed by atoms with Crippen LogP contribution in [0.4, 0.5) is 5.13 Å². The van der Waals surface area contributed by atoms with Crippen molar-refractivity contribution in [3.05, 3.63) is 23.8 Å². The Morgan fingerprint density at radius 2 is 2.26 bits per heavy atom. The summed E-state index contributed by atoms with van der Waals surface area (Å²) >= 11 is 4.88. The molecule has 3 rings (SSSR count). The number of benzene rings is 1. The Morgan fingerprint density at radius 1 is 1.48 bits per heavy atom. The van der Waals surface area contributed by atoms with Crippen LogP contribution >= 0.6 is 27.3 Å². The van der Waals surface area contributed by atoms with Crippen LogP contribution in [0.2, 0.25) is 0 Å². The van der Waals surface area contributed by atoms with Crippen LogP contribution in [0.25, 0.3) is 10.2 Å². The van der Waals surface area contributed by atoms with Gasteiger partial charge in [-0.05, 0) is 24.1 Å². The van der Waals surface area contributed by atoms with E-state index in [9.17, 15) is 4.79 Å². The maximum Gasteiger partial charge on any atom is 0.239 e. The third-order valence-corrected chi connectivity index (χ3v) is 5.83. The first-order valence-corrected chi connectivity index (χ1v) is 9.53. The van der Waals surface area contributed by atoms with Crippen molar-refractivity contribution >= 4 is 48.5 Å². The second-order valence-corrected chi connectivity index (χ2v) is 7.71. The number of nitrogens with one attached hydrogen (secondary N) is 1. The lowest BCUT2D eigenvalue weighted by Crippen LogP contribution is -2.35. The molecule has 0 bridgehead atoms. The number of anilines is 1. The third-order valence-electron chi connectivity index (χ3n) is 3.84. The van der Waals surface area contributed by atoms with E-state index in [1.807, 2.05) is 13.0 Å². The highest BCUT2D eigenvalue weighted by Crippen LogP contribution is 2.27. The van der Waals surface area contributed by atoms with Crippen LogP contribution in [-0.2, 0) is 16.1 Å².